The van der Waals surface area contributed by atoms with Crippen molar-refractivity contribution in [1.82, 2.24) is 0 Å². The zero-order valence-corrected chi connectivity index (χ0v) is 14.8. The highest BCUT2D eigenvalue weighted by atomic mass is 16.5. The molecule has 0 saturated carbocycles. The van der Waals surface area contributed by atoms with Crippen LogP contribution in [0.5, 0.6) is 5.75 Å². The summed E-state index contributed by atoms with van der Waals surface area (Å²) >= 11 is 0. The molecule has 1 aliphatic carbocycles. The molecule has 0 aliphatic heterocycles. The van der Waals surface area contributed by atoms with Gasteiger partial charge in [0.05, 0.1) is 12.5 Å². The quantitative estimate of drug-likeness (QED) is 0.791. The summed E-state index contributed by atoms with van der Waals surface area (Å²) in [5, 5.41) is 9.77. The van der Waals surface area contributed by atoms with Crippen LogP contribution in [-0.2, 0) is 24.1 Å². The monoisotopic (exact) mass is 338 g/mol. The minimum Gasteiger partial charge on any atom is -0.494 e. The highest BCUT2D eigenvalue weighted by molar-refractivity contribution is 5.76. The van der Waals surface area contributed by atoms with E-state index >= 15 is 0 Å². The third kappa shape index (κ3) is 4.41. The van der Waals surface area contributed by atoms with Crippen molar-refractivity contribution < 1.29 is 14.6 Å². The van der Waals surface area contributed by atoms with Crippen molar-refractivity contribution in [2.45, 2.75) is 51.4 Å². The highest BCUT2D eigenvalue weighted by Gasteiger charge is 2.22. The van der Waals surface area contributed by atoms with Gasteiger partial charge in [0.15, 0.2) is 0 Å². The number of aryl methyl sites for hydroxylation is 2. The van der Waals surface area contributed by atoms with Crippen LogP contribution >= 0.6 is 0 Å². The van der Waals surface area contributed by atoms with E-state index in [2.05, 4.69) is 19.1 Å². The fourth-order valence-electron chi connectivity index (χ4n) is 3.54. The number of carbonyl (C=O) groups is 1. The van der Waals surface area contributed by atoms with Crippen molar-refractivity contribution in [3.63, 3.8) is 0 Å². The number of ether oxygens (including phenoxy) is 1. The first-order valence-electron chi connectivity index (χ1n) is 9.23. The predicted molar refractivity (Wildman–Crippen MR) is 99.4 cm³/mol. The second kappa shape index (κ2) is 8.19. The van der Waals surface area contributed by atoms with E-state index in [-0.39, 0.29) is 0 Å². The molecule has 1 N–H and O–H groups in total. The summed E-state index contributed by atoms with van der Waals surface area (Å²) in [4.78, 5) is 11.9. The van der Waals surface area contributed by atoms with Crippen LogP contribution in [0, 0.1) is 0 Å². The fourth-order valence-corrected chi connectivity index (χ4v) is 3.54. The van der Waals surface area contributed by atoms with E-state index < -0.39 is 11.9 Å². The Morgan fingerprint density at radius 2 is 1.92 bits per heavy atom. The predicted octanol–water partition coefficient (Wildman–Crippen LogP) is 4.77. The molecule has 1 atom stereocenters. The number of aliphatic carboxylic acids is 1. The molecule has 0 aromatic heterocycles. The molecule has 1 aliphatic rings. The molecule has 132 valence electrons. The first-order valence-corrected chi connectivity index (χ1v) is 9.23. The van der Waals surface area contributed by atoms with Crippen LogP contribution in [0.4, 0.5) is 0 Å². The van der Waals surface area contributed by atoms with Crippen LogP contribution in [-0.4, -0.2) is 17.7 Å². The van der Waals surface area contributed by atoms with Gasteiger partial charge in [0.25, 0.3) is 0 Å². The van der Waals surface area contributed by atoms with E-state index in [9.17, 15) is 9.90 Å². The number of fused-ring (bicyclic) bond motifs is 1. The first-order chi connectivity index (χ1) is 12.2. The van der Waals surface area contributed by atoms with Crippen molar-refractivity contribution in [2.75, 3.05) is 6.61 Å². The molecular formula is C22H26O3. The molecule has 25 heavy (non-hydrogen) atoms. The number of carboxylic acids is 1. The lowest BCUT2D eigenvalue weighted by molar-refractivity contribution is -0.138. The largest absolute Gasteiger partial charge is 0.494 e. The topological polar surface area (TPSA) is 46.5 Å². The van der Waals surface area contributed by atoms with Crippen LogP contribution in [0.3, 0.4) is 0 Å². The molecule has 3 nitrogen and oxygen atoms in total. The normalized spacial score (nSPS) is 14.6. The van der Waals surface area contributed by atoms with Gasteiger partial charge in [0, 0.05) is 0 Å². The van der Waals surface area contributed by atoms with Gasteiger partial charge in [-0.2, -0.15) is 0 Å². The second-order valence-electron chi connectivity index (χ2n) is 6.83. The molecule has 1 unspecified atom stereocenters. The Labute approximate surface area is 149 Å². The van der Waals surface area contributed by atoms with E-state index in [0.717, 1.165) is 36.1 Å². The Balaban J connectivity index is 1.81. The Morgan fingerprint density at radius 3 is 2.68 bits per heavy atom. The maximum Gasteiger partial charge on any atom is 0.311 e. The number of rotatable bonds is 7. The minimum absolute atomic E-state index is 0.484. The molecule has 3 rings (SSSR count). The summed E-state index contributed by atoms with van der Waals surface area (Å²) in [5.41, 5.74) is 4.62. The Hall–Kier alpha value is -2.29. The highest BCUT2D eigenvalue weighted by Crippen LogP contribution is 2.28. The summed E-state index contributed by atoms with van der Waals surface area (Å²) in [6, 6.07) is 14.0. The molecular weight excluding hydrogens is 312 g/mol. The second-order valence-corrected chi connectivity index (χ2v) is 6.83. The molecule has 0 amide bonds. The van der Waals surface area contributed by atoms with Crippen molar-refractivity contribution >= 4 is 5.97 Å². The van der Waals surface area contributed by atoms with Crippen molar-refractivity contribution in [1.29, 1.82) is 0 Å². The molecule has 0 spiro atoms. The van der Waals surface area contributed by atoms with Crippen LogP contribution < -0.4 is 4.74 Å². The lowest BCUT2D eigenvalue weighted by Gasteiger charge is -2.19. The van der Waals surface area contributed by atoms with Gasteiger partial charge in [0.1, 0.15) is 5.75 Å². The maximum absolute atomic E-state index is 11.9. The summed E-state index contributed by atoms with van der Waals surface area (Å²) in [5.74, 6) is -0.474. The molecule has 0 bridgehead atoms. The van der Waals surface area contributed by atoms with Gasteiger partial charge in [-0.15, -0.1) is 0 Å². The van der Waals surface area contributed by atoms with Crippen LogP contribution in [0.25, 0.3) is 0 Å². The third-order valence-corrected chi connectivity index (χ3v) is 4.88. The zero-order valence-electron chi connectivity index (χ0n) is 14.8. The van der Waals surface area contributed by atoms with Gasteiger partial charge >= 0.3 is 5.97 Å². The maximum atomic E-state index is 11.9. The van der Waals surface area contributed by atoms with Gasteiger partial charge in [-0.3, -0.25) is 4.79 Å². The van der Waals surface area contributed by atoms with E-state index in [1.54, 1.807) is 0 Å². The summed E-state index contributed by atoms with van der Waals surface area (Å²) in [7, 11) is 0. The minimum atomic E-state index is -0.768. The van der Waals surface area contributed by atoms with E-state index in [1.807, 2.05) is 30.3 Å². The summed E-state index contributed by atoms with van der Waals surface area (Å²) in [6.07, 6.45) is 6.05. The first kappa shape index (κ1) is 17.5. The molecule has 0 heterocycles. The van der Waals surface area contributed by atoms with Gasteiger partial charge in [-0.05, 0) is 72.9 Å². The van der Waals surface area contributed by atoms with Crippen molar-refractivity contribution in [3.05, 3.63) is 64.7 Å². The van der Waals surface area contributed by atoms with Gasteiger partial charge in [-0.25, -0.2) is 0 Å². The molecule has 0 fully saturated rings. The van der Waals surface area contributed by atoms with Crippen LogP contribution in [0.1, 0.15) is 54.4 Å². The number of carboxylic acid groups (broad SMARTS) is 1. The average Bonchev–Trinajstić information content (AvgIpc) is 2.64. The molecule has 0 radical (unpaired) electrons. The number of benzene rings is 2. The molecule has 2 aromatic carbocycles. The summed E-state index contributed by atoms with van der Waals surface area (Å²) < 4.78 is 5.67. The van der Waals surface area contributed by atoms with Crippen LogP contribution in [0.2, 0.25) is 0 Å². The van der Waals surface area contributed by atoms with Crippen molar-refractivity contribution in [2.24, 2.45) is 0 Å². The number of hydrogen-bond acceptors (Lipinski definition) is 2. The van der Waals surface area contributed by atoms with E-state index in [0.29, 0.717) is 13.0 Å². The van der Waals surface area contributed by atoms with E-state index in [4.69, 9.17) is 4.74 Å². The zero-order chi connectivity index (χ0) is 17.6. The lowest BCUT2D eigenvalue weighted by Crippen LogP contribution is -2.15. The SMILES string of the molecule is CCCOc1cccc(CC(C(=O)O)c2ccc3c(c2)CCCC3)c1. The lowest BCUT2D eigenvalue weighted by atomic mass is 9.85. The van der Waals surface area contributed by atoms with Gasteiger partial charge in [0.2, 0.25) is 0 Å². The fraction of sp³-hybridized carbons (Fsp3) is 0.409. The van der Waals surface area contributed by atoms with Gasteiger partial charge < -0.3 is 9.84 Å². The standard InChI is InChI=1S/C22H26O3/c1-2-12-25-20-9-5-6-16(13-20)14-21(22(23)24)19-11-10-17-7-3-4-8-18(17)15-19/h5-6,9-11,13,15,21H,2-4,7-8,12,14H2,1H3,(H,23,24). The van der Waals surface area contributed by atoms with E-state index in [1.165, 1.54) is 24.0 Å². The Kier molecular flexibility index (Phi) is 5.75. The molecule has 3 heteroatoms. The average molecular weight is 338 g/mol. The number of hydrogen-bond donors (Lipinski definition) is 1. The van der Waals surface area contributed by atoms with Crippen molar-refractivity contribution in [3.8, 4) is 5.75 Å². The van der Waals surface area contributed by atoms with Gasteiger partial charge in [-0.1, -0.05) is 37.3 Å². The van der Waals surface area contributed by atoms with Crippen LogP contribution in [0.15, 0.2) is 42.5 Å². The summed E-state index contributed by atoms with van der Waals surface area (Å²) in [6.45, 7) is 2.75. The molecule has 2 aromatic rings. The Morgan fingerprint density at radius 1 is 1.12 bits per heavy atom. The third-order valence-electron chi connectivity index (χ3n) is 4.88. The molecule has 0 saturated heterocycles. The Bertz CT molecular complexity index is 736. The smallest absolute Gasteiger partial charge is 0.311 e.